The summed E-state index contributed by atoms with van der Waals surface area (Å²) in [6, 6.07) is 0. The Morgan fingerprint density at radius 1 is 1.23 bits per heavy atom. The average molecular weight is 358 g/mol. The summed E-state index contributed by atoms with van der Waals surface area (Å²) in [4.78, 5) is 30.6. The molecule has 3 rings (SSSR count). The highest BCUT2D eigenvalue weighted by molar-refractivity contribution is 5.87. The third-order valence-electron chi connectivity index (χ3n) is 4.36. The van der Waals surface area contributed by atoms with Gasteiger partial charge in [-0.15, -0.1) is 0 Å². The minimum absolute atomic E-state index is 0.0189. The largest absolute Gasteiger partial charge is 0.478 e. The molecule has 0 saturated heterocycles. The number of rotatable bonds is 8. The van der Waals surface area contributed by atoms with Crippen LogP contribution < -0.4 is 5.56 Å². The van der Waals surface area contributed by atoms with Crippen LogP contribution in [0.3, 0.4) is 0 Å². The van der Waals surface area contributed by atoms with Crippen molar-refractivity contribution in [2.45, 2.75) is 46.1 Å². The fraction of sp³-hybridized carbons (Fsp3) is 0.471. The number of nitrogens with zero attached hydrogens (tertiary/aromatic N) is 5. The Morgan fingerprint density at radius 3 is 2.58 bits per heavy atom. The third kappa shape index (κ3) is 3.51. The van der Waals surface area contributed by atoms with Gasteiger partial charge in [0.25, 0.3) is 5.56 Å². The first-order chi connectivity index (χ1) is 12.5. The molecule has 0 fully saturated rings. The van der Waals surface area contributed by atoms with Gasteiger partial charge in [0.2, 0.25) is 5.95 Å². The van der Waals surface area contributed by atoms with E-state index in [1.165, 1.54) is 17.1 Å². The van der Waals surface area contributed by atoms with Crippen LogP contribution in [-0.4, -0.2) is 40.6 Å². The van der Waals surface area contributed by atoms with Crippen molar-refractivity contribution in [1.29, 1.82) is 0 Å². The number of fused-ring (bicyclic) bond motifs is 1. The molecule has 0 aliphatic carbocycles. The Bertz CT molecular complexity index is 964. The second kappa shape index (κ2) is 7.51. The lowest BCUT2D eigenvalue weighted by Gasteiger charge is -2.15. The van der Waals surface area contributed by atoms with Crippen LogP contribution in [0, 0.1) is 5.92 Å². The highest BCUT2D eigenvalue weighted by Gasteiger charge is 2.16. The van der Waals surface area contributed by atoms with E-state index in [1.54, 1.807) is 10.9 Å². The van der Waals surface area contributed by atoms with E-state index in [-0.39, 0.29) is 17.1 Å². The van der Waals surface area contributed by atoms with Crippen LogP contribution in [0.2, 0.25) is 0 Å². The second-order valence-electron chi connectivity index (χ2n) is 6.37. The highest BCUT2D eigenvalue weighted by atomic mass is 16.4. The molecule has 138 valence electrons. The molecule has 0 unspecified atom stereocenters. The highest BCUT2D eigenvalue weighted by Crippen LogP contribution is 2.18. The van der Waals surface area contributed by atoms with Gasteiger partial charge in [-0.05, 0) is 18.8 Å². The molecule has 0 aliphatic rings. The smallest absolute Gasteiger partial charge is 0.338 e. The van der Waals surface area contributed by atoms with Crippen molar-refractivity contribution in [1.82, 2.24) is 29.5 Å². The molecule has 3 heterocycles. The lowest BCUT2D eigenvalue weighted by atomic mass is 9.98. The van der Waals surface area contributed by atoms with Crippen LogP contribution in [0.25, 0.3) is 17.0 Å². The van der Waals surface area contributed by atoms with Crippen molar-refractivity contribution in [3.63, 3.8) is 0 Å². The van der Waals surface area contributed by atoms with Gasteiger partial charge in [0, 0.05) is 12.7 Å². The Balaban J connectivity index is 1.95. The fourth-order valence-electron chi connectivity index (χ4n) is 3.18. The summed E-state index contributed by atoms with van der Waals surface area (Å²) in [5.74, 6) is -0.463. The summed E-state index contributed by atoms with van der Waals surface area (Å²) in [7, 11) is 0. The molecular formula is C17H22N6O3. The maximum Gasteiger partial charge on any atom is 0.338 e. The van der Waals surface area contributed by atoms with Crippen molar-refractivity contribution >= 4 is 17.0 Å². The molecule has 0 spiro atoms. The fourth-order valence-corrected chi connectivity index (χ4v) is 3.18. The first kappa shape index (κ1) is 17.8. The number of aromatic amines is 1. The van der Waals surface area contributed by atoms with Gasteiger partial charge in [-0.1, -0.05) is 26.7 Å². The lowest BCUT2D eigenvalue weighted by Crippen LogP contribution is -2.19. The van der Waals surface area contributed by atoms with Gasteiger partial charge in [0.05, 0.1) is 18.0 Å². The van der Waals surface area contributed by atoms with Crippen molar-refractivity contribution in [2.75, 3.05) is 0 Å². The van der Waals surface area contributed by atoms with Crippen molar-refractivity contribution < 1.29 is 9.90 Å². The number of aromatic nitrogens is 6. The number of carbonyl (C=O) groups is 1. The Morgan fingerprint density at radius 2 is 1.96 bits per heavy atom. The molecule has 0 bridgehead atoms. The summed E-state index contributed by atoms with van der Waals surface area (Å²) in [5, 5.41) is 17.3. The van der Waals surface area contributed by atoms with Crippen molar-refractivity contribution in [3.05, 3.63) is 34.5 Å². The Hall–Kier alpha value is -2.97. The third-order valence-corrected chi connectivity index (χ3v) is 4.36. The molecule has 0 amide bonds. The number of aromatic carboxylic acids is 1. The summed E-state index contributed by atoms with van der Waals surface area (Å²) in [5.41, 5.74) is 0.589. The zero-order valence-electron chi connectivity index (χ0n) is 14.8. The molecule has 0 aromatic carbocycles. The molecular weight excluding hydrogens is 336 g/mol. The number of carboxylic acid groups (broad SMARTS) is 1. The zero-order chi connectivity index (χ0) is 18.7. The van der Waals surface area contributed by atoms with Gasteiger partial charge in [-0.2, -0.15) is 10.2 Å². The molecule has 9 nitrogen and oxygen atoms in total. The predicted octanol–water partition coefficient (Wildman–Crippen LogP) is 2.22. The molecule has 3 aromatic rings. The van der Waals surface area contributed by atoms with E-state index in [9.17, 15) is 9.59 Å². The van der Waals surface area contributed by atoms with E-state index in [4.69, 9.17) is 5.11 Å². The quantitative estimate of drug-likeness (QED) is 0.637. The monoisotopic (exact) mass is 358 g/mol. The average Bonchev–Trinajstić information content (AvgIpc) is 3.23. The van der Waals surface area contributed by atoms with Gasteiger partial charge in [-0.25, -0.2) is 14.5 Å². The number of nitrogens with one attached hydrogen (secondary N) is 1. The molecule has 9 heteroatoms. The first-order valence-electron chi connectivity index (χ1n) is 8.77. The van der Waals surface area contributed by atoms with Crippen LogP contribution in [0.4, 0.5) is 0 Å². The van der Waals surface area contributed by atoms with E-state index in [0.29, 0.717) is 23.5 Å². The predicted molar refractivity (Wildman–Crippen MR) is 95.5 cm³/mol. The first-order valence-corrected chi connectivity index (χ1v) is 8.77. The van der Waals surface area contributed by atoms with Crippen LogP contribution in [0.5, 0.6) is 0 Å². The maximum atomic E-state index is 12.6. The minimum atomic E-state index is -1.09. The summed E-state index contributed by atoms with van der Waals surface area (Å²) >= 11 is 0. The maximum absolute atomic E-state index is 12.6. The van der Waals surface area contributed by atoms with Crippen molar-refractivity contribution in [2.24, 2.45) is 5.92 Å². The molecule has 0 saturated carbocycles. The molecule has 0 radical (unpaired) electrons. The molecule has 2 N–H and O–H groups in total. The van der Waals surface area contributed by atoms with E-state index in [1.807, 2.05) is 0 Å². The molecule has 0 aliphatic heterocycles. The number of H-pyrrole nitrogens is 1. The number of carboxylic acids is 1. The van der Waals surface area contributed by atoms with Gasteiger partial charge < -0.3 is 5.11 Å². The SMILES string of the molecule is CCCC(CCC)Cn1ncc2nc(-n3cc(C(=O)O)cn3)[nH]c(=O)c21. The summed E-state index contributed by atoms with van der Waals surface area (Å²) in [6.45, 7) is 4.99. The van der Waals surface area contributed by atoms with E-state index in [0.717, 1.165) is 25.7 Å². The zero-order valence-corrected chi connectivity index (χ0v) is 14.8. The lowest BCUT2D eigenvalue weighted by molar-refractivity contribution is 0.0697. The Kier molecular flexibility index (Phi) is 5.15. The van der Waals surface area contributed by atoms with Gasteiger partial charge in [-0.3, -0.25) is 14.5 Å². The standard InChI is InChI=1S/C17H22N6O3/c1-3-5-11(6-4-2)9-22-14-13(8-19-22)20-17(21-15(14)24)23-10-12(7-18-23)16(25)26/h7-8,10-11H,3-6,9H2,1-2H3,(H,25,26)(H,20,21,24). The van der Waals surface area contributed by atoms with Gasteiger partial charge >= 0.3 is 5.97 Å². The van der Waals surface area contributed by atoms with Crippen LogP contribution in [-0.2, 0) is 6.54 Å². The molecule has 3 aromatic heterocycles. The van der Waals surface area contributed by atoms with E-state index >= 15 is 0 Å². The normalized spacial score (nSPS) is 11.5. The van der Waals surface area contributed by atoms with E-state index in [2.05, 4.69) is 34.0 Å². The minimum Gasteiger partial charge on any atom is -0.478 e. The van der Waals surface area contributed by atoms with Crippen LogP contribution in [0.15, 0.2) is 23.4 Å². The summed E-state index contributed by atoms with van der Waals surface area (Å²) in [6.07, 6.45) is 8.42. The topological polar surface area (TPSA) is 119 Å². The van der Waals surface area contributed by atoms with Gasteiger partial charge in [0.1, 0.15) is 5.52 Å². The molecule has 0 atom stereocenters. The van der Waals surface area contributed by atoms with Crippen LogP contribution >= 0.6 is 0 Å². The van der Waals surface area contributed by atoms with Crippen LogP contribution in [0.1, 0.15) is 49.9 Å². The number of hydrogen-bond donors (Lipinski definition) is 2. The molecule has 26 heavy (non-hydrogen) atoms. The number of hydrogen-bond acceptors (Lipinski definition) is 5. The summed E-state index contributed by atoms with van der Waals surface area (Å²) < 4.78 is 2.95. The van der Waals surface area contributed by atoms with Gasteiger partial charge in [0.15, 0.2) is 5.52 Å². The second-order valence-corrected chi connectivity index (χ2v) is 6.37. The Labute approximate surface area is 149 Å². The van der Waals surface area contributed by atoms with Crippen molar-refractivity contribution in [3.8, 4) is 5.95 Å². The van der Waals surface area contributed by atoms with E-state index < -0.39 is 5.97 Å².